The van der Waals surface area contributed by atoms with Crippen LogP contribution >= 0.6 is 0 Å². The maximum absolute atomic E-state index is 11.2. The molecule has 5 nitrogen and oxygen atoms in total. The topological polar surface area (TPSA) is 70.0 Å². The number of hydrogen-bond donors (Lipinski definition) is 2. The highest BCUT2D eigenvalue weighted by Crippen LogP contribution is 2.22. The van der Waals surface area contributed by atoms with Crippen molar-refractivity contribution in [2.24, 2.45) is 5.92 Å². The summed E-state index contributed by atoms with van der Waals surface area (Å²) in [7, 11) is 1.97. The Morgan fingerprint density at radius 3 is 2.67 bits per heavy atom. The van der Waals surface area contributed by atoms with Gasteiger partial charge < -0.3 is 14.9 Å². The number of aromatic hydroxyl groups is 1. The van der Waals surface area contributed by atoms with E-state index in [1.54, 1.807) is 12.1 Å². The number of carboxylic acids is 1. The van der Waals surface area contributed by atoms with Crippen LogP contribution in [0.25, 0.3) is 0 Å². The maximum Gasteiger partial charge on any atom is 0.310 e. The van der Waals surface area contributed by atoms with Gasteiger partial charge in [0, 0.05) is 12.1 Å². The van der Waals surface area contributed by atoms with Gasteiger partial charge in [-0.15, -0.1) is 0 Å². The van der Waals surface area contributed by atoms with Crippen LogP contribution in [0.4, 0.5) is 0 Å². The SMILES string of the molecule is CC(CCc1ccc(O)cc1)N(C)C1COCC1C(=O)O. The van der Waals surface area contributed by atoms with Crippen LogP contribution in [0, 0.1) is 5.92 Å². The summed E-state index contributed by atoms with van der Waals surface area (Å²) in [6.45, 7) is 2.89. The molecule has 1 fully saturated rings. The molecule has 0 bridgehead atoms. The van der Waals surface area contributed by atoms with Crippen molar-refractivity contribution in [3.63, 3.8) is 0 Å². The Balaban J connectivity index is 1.88. The van der Waals surface area contributed by atoms with Crippen molar-refractivity contribution in [2.45, 2.75) is 31.8 Å². The second kappa shape index (κ2) is 6.91. The molecule has 1 aliphatic rings. The van der Waals surface area contributed by atoms with E-state index >= 15 is 0 Å². The number of aryl methyl sites for hydroxylation is 1. The number of nitrogens with zero attached hydrogens (tertiary/aromatic N) is 1. The molecule has 2 rings (SSSR count). The number of hydrogen-bond acceptors (Lipinski definition) is 4. The molecule has 21 heavy (non-hydrogen) atoms. The largest absolute Gasteiger partial charge is 0.508 e. The normalized spacial score (nSPS) is 23.4. The van der Waals surface area contributed by atoms with E-state index < -0.39 is 11.9 Å². The van der Waals surface area contributed by atoms with Crippen LogP contribution < -0.4 is 0 Å². The molecule has 3 atom stereocenters. The predicted octanol–water partition coefficient (Wildman–Crippen LogP) is 1.74. The summed E-state index contributed by atoms with van der Waals surface area (Å²) in [4.78, 5) is 13.3. The molecule has 0 aromatic heterocycles. The van der Waals surface area contributed by atoms with Gasteiger partial charge in [0.2, 0.25) is 0 Å². The molecule has 1 saturated heterocycles. The minimum atomic E-state index is -0.782. The van der Waals surface area contributed by atoms with Crippen LogP contribution in [0.2, 0.25) is 0 Å². The molecule has 0 radical (unpaired) electrons. The number of phenols is 1. The van der Waals surface area contributed by atoms with Crippen molar-refractivity contribution >= 4 is 5.97 Å². The summed E-state index contributed by atoms with van der Waals surface area (Å²) in [6.07, 6.45) is 1.83. The first kappa shape index (κ1) is 15.8. The van der Waals surface area contributed by atoms with E-state index in [9.17, 15) is 15.0 Å². The van der Waals surface area contributed by atoms with Gasteiger partial charge in [-0.25, -0.2) is 0 Å². The zero-order valence-corrected chi connectivity index (χ0v) is 12.5. The third kappa shape index (κ3) is 3.95. The lowest BCUT2D eigenvalue weighted by molar-refractivity contribution is -0.143. The lowest BCUT2D eigenvalue weighted by atomic mass is 9.99. The monoisotopic (exact) mass is 293 g/mol. The fourth-order valence-corrected chi connectivity index (χ4v) is 2.75. The molecule has 0 aliphatic carbocycles. The number of benzene rings is 1. The van der Waals surface area contributed by atoms with E-state index in [1.807, 2.05) is 19.2 Å². The van der Waals surface area contributed by atoms with Crippen LogP contribution in [-0.4, -0.2) is 53.4 Å². The fraction of sp³-hybridized carbons (Fsp3) is 0.562. The van der Waals surface area contributed by atoms with E-state index in [2.05, 4.69) is 11.8 Å². The molecule has 1 heterocycles. The minimum Gasteiger partial charge on any atom is -0.508 e. The first-order valence-electron chi connectivity index (χ1n) is 7.29. The number of phenolic OH excluding ortho intramolecular Hbond substituents is 1. The Labute approximate surface area is 125 Å². The summed E-state index contributed by atoms with van der Waals surface area (Å²) in [6, 6.07) is 7.43. The zero-order chi connectivity index (χ0) is 15.4. The van der Waals surface area contributed by atoms with E-state index in [0.29, 0.717) is 13.2 Å². The first-order valence-corrected chi connectivity index (χ1v) is 7.29. The van der Waals surface area contributed by atoms with Gasteiger partial charge in [0.05, 0.1) is 19.1 Å². The third-order valence-corrected chi connectivity index (χ3v) is 4.37. The van der Waals surface area contributed by atoms with E-state index in [0.717, 1.165) is 12.8 Å². The first-order chi connectivity index (χ1) is 9.99. The Bertz CT molecular complexity index is 474. The van der Waals surface area contributed by atoms with Crippen LogP contribution in [-0.2, 0) is 16.0 Å². The molecule has 1 aromatic rings. The number of likely N-dealkylation sites (N-methyl/N-ethyl adjacent to an activating group) is 1. The van der Waals surface area contributed by atoms with Gasteiger partial charge in [0.15, 0.2) is 0 Å². The second-order valence-electron chi connectivity index (χ2n) is 5.77. The van der Waals surface area contributed by atoms with E-state index in [1.165, 1.54) is 5.56 Å². The highest BCUT2D eigenvalue weighted by atomic mass is 16.5. The number of aliphatic carboxylic acids is 1. The van der Waals surface area contributed by atoms with E-state index in [4.69, 9.17) is 4.74 Å². The van der Waals surface area contributed by atoms with Gasteiger partial charge in [0.1, 0.15) is 5.75 Å². The molecule has 3 unspecified atom stereocenters. The van der Waals surface area contributed by atoms with Gasteiger partial charge in [0.25, 0.3) is 0 Å². The molecule has 116 valence electrons. The number of ether oxygens (including phenoxy) is 1. The van der Waals surface area contributed by atoms with Crippen molar-refractivity contribution in [1.29, 1.82) is 0 Å². The molecule has 1 aromatic carbocycles. The molecule has 1 aliphatic heterocycles. The fourth-order valence-electron chi connectivity index (χ4n) is 2.75. The Morgan fingerprint density at radius 1 is 1.38 bits per heavy atom. The molecule has 0 saturated carbocycles. The average Bonchev–Trinajstić information content (AvgIpc) is 2.95. The molecule has 0 spiro atoms. The minimum absolute atomic E-state index is 0.0580. The lowest BCUT2D eigenvalue weighted by Crippen LogP contribution is -2.45. The Morgan fingerprint density at radius 2 is 2.05 bits per heavy atom. The number of rotatable bonds is 6. The van der Waals surface area contributed by atoms with Crippen LogP contribution in [0.15, 0.2) is 24.3 Å². The quantitative estimate of drug-likeness (QED) is 0.836. The summed E-state index contributed by atoms with van der Waals surface area (Å²) in [5, 5.41) is 18.5. The summed E-state index contributed by atoms with van der Waals surface area (Å²) in [5.74, 6) is -0.947. The molecule has 0 amide bonds. The van der Waals surface area contributed by atoms with Crippen molar-refractivity contribution in [3.8, 4) is 5.75 Å². The van der Waals surface area contributed by atoms with Crippen molar-refractivity contribution < 1.29 is 19.7 Å². The Kier molecular flexibility index (Phi) is 5.20. The van der Waals surface area contributed by atoms with Gasteiger partial charge in [-0.3, -0.25) is 9.69 Å². The predicted molar refractivity (Wildman–Crippen MR) is 79.4 cm³/mol. The maximum atomic E-state index is 11.2. The summed E-state index contributed by atoms with van der Waals surface area (Å²) in [5.41, 5.74) is 1.17. The van der Waals surface area contributed by atoms with Gasteiger partial charge in [-0.05, 0) is 44.5 Å². The summed E-state index contributed by atoms with van der Waals surface area (Å²) < 4.78 is 5.33. The van der Waals surface area contributed by atoms with Gasteiger partial charge in [-0.2, -0.15) is 0 Å². The van der Waals surface area contributed by atoms with Crippen molar-refractivity contribution in [3.05, 3.63) is 29.8 Å². The highest BCUT2D eigenvalue weighted by molar-refractivity contribution is 5.71. The summed E-state index contributed by atoms with van der Waals surface area (Å²) >= 11 is 0. The van der Waals surface area contributed by atoms with Gasteiger partial charge in [-0.1, -0.05) is 12.1 Å². The van der Waals surface area contributed by atoms with Crippen LogP contribution in [0.3, 0.4) is 0 Å². The smallest absolute Gasteiger partial charge is 0.310 e. The number of carbonyl (C=O) groups is 1. The average molecular weight is 293 g/mol. The second-order valence-corrected chi connectivity index (χ2v) is 5.77. The standard InChI is InChI=1S/C16H23NO4/c1-11(3-4-12-5-7-13(18)8-6-12)17(2)15-10-21-9-14(15)16(19)20/h5-8,11,14-15,18H,3-4,9-10H2,1-2H3,(H,19,20). The van der Waals surface area contributed by atoms with Gasteiger partial charge >= 0.3 is 5.97 Å². The van der Waals surface area contributed by atoms with Crippen molar-refractivity contribution in [2.75, 3.05) is 20.3 Å². The number of carboxylic acid groups (broad SMARTS) is 1. The van der Waals surface area contributed by atoms with E-state index in [-0.39, 0.29) is 17.8 Å². The Hall–Kier alpha value is -1.59. The zero-order valence-electron chi connectivity index (χ0n) is 12.5. The lowest BCUT2D eigenvalue weighted by Gasteiger charge is -2.32. The van der Waals surface area contributed by atoms with Crippen LogP contribution in [0.5, 0.6) is 5.75 Å². The van der Waals surface area contributed by atoms with Crippen molar-refractivity contribution in [1.82, 2.24) is 4.90 Å². The highest BCUT2D eigenvalue weighted by Gasteiger charge is 2.37. The molecule has 5 heteroatoms. The molecule has 2 N–H and O–H groups in total. The van der Waals surface area contributed by atoms with Crippen LogP contribution in [0.1, 0.15) is 18.9 Å². The molecular weight excluding hydrogens is 270 g/mol. The third-order valence-electron chi connectivity index (χ3n) is 4.37. The molecular formula is C16H23NO4.